The number of pyridine rings is 2. The Labute approximate surface area is 417 Å². The van der Waals surface area contributed by atoms with Gasteiger partial charge >= 0.3 is 0 Å². The van der Waals surface area contributed by atoms with E-state index in [9.17, 15) is 31.8 Å². The summed E-state index contributed by atoms with van der Waals surface area (Å²) >= 11 is 0. The van der Waals surface area contributed by atoms with Gasteiger partial charge in [0.2, 0.25) is 0 Å². The van der Waals surface area contributed by atoms with Gasteiger partial charge in [-0.15, -0.1) is 0 Å². The number of sulfone groups is 1. The second kappa shape index (κ2) is 19.4. The molecule has 0 bridgehead atoms. The summed E-state index contributed by atoms with van der Waals surface area (Å²) in [6.07, 6.45) is 8.54. The Balaban J connectivity index is 0.000000176. The first kappa shape index (κ1) is 50.3. The van der Waals surface area contributed by atoms with Gasteiger partial charge in [-0.3, -0.25) is 23.4 Å². The lowest BCUT2D eigenvalue weighted by Gasteiger charge is -2.29. The second-order valence-electron chi connectivity index (χ2n) is 22.0. The number of H-pyrrole nitrogens is 2. The summed E-state index contributed by atoms with van der Waals surface area (Å²) in [6.45, 7) is 16.4. The van der Waals surface area contributed by atoms with E-state index < -0.39 is 20.6 Å². The number of ketones is 2. The molecule has 2 aromatic carbocycles. The monoisotopic (exact) mass is 1000 g/mol. The molecule has 4 aliphatic rings. The van der Waals surface area contributed by atoms with Crippen LogP contribution in [0.5, 0.6) is 0 Å². The van der Waals surface area contributed by atoms with Crippen molar-refractivity contribution in [3.05, 3.63) is 102 Å². The molecule has 378 valence electrons. The third-order valence-corrected chi connectivity index (χ3v) is 17.7. The lowest BCUT2D eigenvalue weighted by Crippen LogP contribution is -2.32. The van der Waals surface area contributed by atoms with E-state index in [1.807, 2.05) is 53.5 Å². The number of aromatic amines is 2. The highest BCUT2D eigenvalue weighted by Gasteiger charge is 2.38. The largest absolute Gasteiger partial charge is 0.382 e. The predicted molar refractivity (Wildman–Crippen MR) is 284 cm³/mol. The van der Waals surface area contributed by atoms with Crippen LogP contribution in [0.2, 0.25) is 0 Å². The molecule has 0 spiro atoms. The van der Waals surface area contributed by atoms with Crippen LogP contribution in [0.1, 0.15) is 148 Å². The average Bonchev–Trinajstić information content (AvgIpc) is 3.79. The number of fused-ring (bicyclic) bond motifs is 4. The van der Waals surface area contributed by atoms with Gasteiger partial charge in [0.1, 0.15) is 9.84 Å². The van der Waals surface area contributed by atoms with Crippen molar-refractivity contribution in [2.45, 2.75) is 145 Å². The number of rotatable bonds is 10. The summed E-state index contributed by atoms with van der Waals surface area (Å²) in [4.78, 5) is 58.4. The van der Waals surface area contributed by atoms with Crippen molar-refractivity contribution in [2.75, 3.05) is 33.6 Å². The van der Waals surface area contributed by atoms with Crippen LogP contribution in [-0.4, -0.2) is 88.8 Å². The number of Topliss-reactive ketones (excluding diaryl/α,β-unsaturated/α-hetero) is 2. The Bertz CT molecular complexity index is 3350. The smallest absolute Gasteiger partial charge is 0.258 e. The molecule has 0 amide bonds. The van der Waals surface area contributed by atoms with Gasteiger partial charge in [0.05, 0.1) is 67.6 Å². The fourth-order valence-electron chi connectivity index (χ4n) is 11.3. The summed E-state index contributed by atoms with van der Waals surface area (Å²) in [6, 6.07) is 12.1. The minimum Gasteiger partial charge on any atom is -0.382 e. The maximum absolute atomic E-state index is 13.2. The van der Waals surface area contributed by atoms with E-state index in [0.717, 1.165) is 119 Å². The first-order valence-corrected chi connectivity index (χ1v) is 28.6. The topological polar surface area (TPSA) is 211 Å². The SMILES string of the molecule is CCCc1cc2cc(-n3nc(C)c4c3CC(C)(C)CC4=O)cc(NC3CCS(=O)(=O)CC3)c2c(=O)[nH]1.CCCc1cc2cc(-n3nc(C)c4c3CC(C)(C)CC4=O)cc(NC3CCS(=O)CC3)c2c(=O)[nH]1. The van der Waals surface area contributed by atoms with Crippen molar-refractivity contribution < 1.29 is 22.2 Å². The highest BCUT2D eigenvalue weighted by molar-refractivity contribution is 7.91. The number of carbonyl (C=O) groups is 2. The van der Waals surface area contributed by atoms with E-state index in [2.05, 4.69) is 68.2 Å². The van der Waals surface area contributed by atoms with E-state index >= 15 is 0 Å². The van der Waals surface area contributed by atoms with Crippen molar-refractivity contribution in [2.24, 2.45) is 10.8 Å². The van der Waals surface area contributed by atoms with Gasteiger partial charge in [-0.25, -0.2) is 17.8 Å². The van der Waals surface area contributed by atoms with Crippen LogP contribution >= 0.6 is 0 Å². The van der Waals surface area contributed by atoms with Crippen molar-refractivity contribution in [3.63, 3.8) is 0 Å². The van der Waals surface area contributed by atoms with E-state index in [-0.39, 0.29) is 57.1 Å². The molecule has 0 unspecified atom stereocenters. The highest BCUT2D eigenvalue weighted by atomic mass is 32.2. The Morgan fingerprint density at radius 2 is 1.04 bits per heavy atom. The van der Waals surface area contributed by atoms with Gasteiger partial charge in [0, 0.05) is 70.0 Å². The van der Waals surface area contributed by atoms with E-state index in [0.29, 0.717) is 59.2 Å². The molecular formula is C54H68N8O7S2. The maximum atomic E-state index is 13.2. The number of benzene rings is 2. The number of nitrogens with one attached hydrogen (secondary N) is 4. The Hall–Kier alpha value is -5.68. The zero-order chi connectivity index (χ0) is 50.7. The summed E-state index contributed by atoms with van der Waals surface area (Å²) < 4.78 is 39.5. The maximum Gasteiger partial charge on any atom is 0.258 e. The van der Waals surface area contributed by atoms with Crippen LogP contribution < -0.4 is 21.8 Å². The molecule has 2 aliphatic carbocycles. The molecule has 4 N–H and O–H groups in total. The number of anilines is 2. The molecule has 0 saturated carbocycles. The number of aryl methyl sites for hydroxylation is 4. The van der Waals surface area contributed by atoms with Crippen LogP contribution in [0, 0.1) is 24.7 Å². The molecule has 2 saturated heterocycles. The number of hydrogen-bond acceptors (Lipinski definition) is 11. The lowest BCUT2D eigenvalue weighted by molar-refractivity contribution is 0.0900. The molecule has 6 aromatic rings. The lowest BCUT2D eigenvalue weighted by atomic mass is 9.75. The number of aromatic nitrogens is 6. The summed E-state index contributed by atoms with van der Waals surface area (Å²) in [5.74, 6) is 1.90. The van der Waals surface area contributed by atoms with Crippen molar-refractivity contribution in [1.29, 1.82) is 0 Å². The molecule has 6 heterocycles. The second-order valence-corrected chi connectivity index (χ2v) is 26.0. The van der Waals surface area contributed by atoms with Crippen LogP contribution in [0.15, 0.2) is 46.0 Å². The molecule has 0 radical (unpaired) electrons. The first-order chi connectivity index (χ1) is 33.6. The summed E-state index contributed by atoms with van der Waals surface area (Å²) in [5, 5.41) is 19.5. The molecule has 2 fully saturated rings. The third-order valence-electron chi connectivity index (χ3n) is 14.6. The van der Waals surface area contributed by atoms with Gasteiger partial charge in [0.15, 0.2) is 11.6 Å². The molecule has 0 atom stereocenters. The number of hydrogen-bond donors (Lipinski definition) is 4. The first-order valence-electron chi connectivity index (χ1n) is 25.3. The Morgan fingerprint density at radius 1 is 0.634 bits per heavy atom. The molecule has 2 aliphatic heterocycles. The van der Waals surface area contributed by atoms with Crippen molar-refractivity contribution >= 4 is 65.1 Å². The van der Waals surface area contributed by atoms with Crippen molar-refractivity contribution in [1.82, 2.24) is 29.5 Å². The molecule has 71 heavy (non-hydrogen) atoms. The van der Waals surface area contributed by atoms with Gasteiger partial charge < -0.3 is 20.6 Å². The van der Waals surface area contributed by atoms with E-state index in [1.54, 1.807) is 0 Å². The molecule has 17 heteroatoms. The minimum atomic E-state index is -3.00. The van der Waals surface area contributed by atoms with Gasteiger partial charge in [0.25, 0.3) is 11.1 Å². The molecule has 15 nitrogen and oxygen atoms in total. The molecular weight excluding hydrogens is 937 g/mol. The van der Waals surface area contributed by atoms with Crippen LogP contribution in [-0.2, 0) is 46.3 Å². The molecule has 4 aromatic heterocycles. The standard InChI is InChI=1S/C27H34N4O4S.C27H34N4O3S/c1-5-6-19-11-17-12-20(31-22-14-27(3,4)15-23(32)24(22)16(2)30-31)13-21(25(17)26(33)29-19)28-18-7-9-36(34,35)10-8-18;1-5-6-19-11-17-12-20(31-22-14-27(3,4)15-23(32)24(22)16(2)30-31)13-21(25(17)26(33)29-19)28-18-7-9-35(34)10-8-18/h11-13,18,28H,5-10,14-15H2,1-4H3,(H,29,33);11-13,18,28H,5-10,14-15H2,1-4H3,(H,29,33). The zero-order valence-electron chi connectivity index (χ0n) is 42.4. The zero-order valence-corrected chi connectivity index (χ0v) is 44.0. The van der Waals surface area contributed by atoms with Gasteiger partial charge in [-0.2, -0.15) is 10.2 Å². The van der Waals surface area contributed by atoms with Gasteiger partial charge in [-0.05, 0) is 123 Å². The molecule has 10 rings (SSSR count). The Morgan fingerprint density at radius 3 is 1.45 bits per heavy atom. The normalized spacial score (nSPS) is 20.6. The number of carbonyl (C=O) groups excluding carboxylic acids is 2. The summed E-state index contributed by atoms with van der Waals surface area (Å²) in [7, 11) is -3.75. The highest BCUT2D eigenvalue weighted by Crippen LogP contribution is 2.40. The average molecular weight is 1010 g/mol. The van der Waals surface area contributed by atoms with E-state index in [4.69, 9.17) is 10.2 Å². The van der Waals surface area contributed by atoms with Crippen LogP contribution in [0.4, 0.5) is 11.4 Å². The van der Waals surface area contributed by atoms with Crippen LogP contribution in [0.3, 0.4) is 0 Å². The Kier molecular flexibility index (Phi) is 13.7. The van der Waals surface area contributed by atoms with E-state index in [1.165, 1.54) is 0 Å². The fourth-order valence-corrected chi connectivity index (χ4v) is 14.1. The number of nitrogens with zero attached hydrogens (tertiary/aromatic N) is 4. The van der Waals surface area contributed by atoms with Gasteiger partial charge in [-0.1, -0.05) is 54.4 Å². The predicted octanol–water partition coefficient (Wildman–Crippen LogP) is 8.57. The summed E-state index contributed by atoms with van der Waals surface area (Å²) in [5.41, 5.74) is 9.07. The minimum absolute atomic E-state index is 0.0459. The van der Waals surface area contributed by atoms with Crippen LogP contribution in [0.25, 0.3) is 32.9 Å². The third kappa shape index (κ3) is 10.5. The fraction of sp³-hybridized carbons (Fsp3) is 0.519. The quantitative estimate of drug-likeness (QED) is 0.102. The van der Waals surface area contributed by atoms with Crippen molar-refractivity contribution in [3.8, 4) is 11.4 Å².